The number of thioether (sulfide) groups is 1. The predicted molar refractivity (Wildman–Crippen MR) is 85.3 cm³/mol. The van der Waals surface area contributed by atoms with Crippen LogP contribution < -0.4 is 0 Å². The minimum Gasteiger partial charge on any atom is -0.303 e. The molecule has 0 bridgehead atoms. The molecule has 0 saturated carbocycles. The van der Waals surface area contributed by atoms with E-state index in [-0.39, 0.29) is 0 Å². The van der Waals surface area contributed by atoms with E-state index >= 15 is 0 Å². The molecule has 0 N–H and O–H groups in total. The van der Waals surface area contributed by atoms with Gasteiger partial charge in [0.2, 0.25) is 0 Å². The van der Waals surface area contributed by atoms with Gasteiger partial charge < -0.3 is 4.90 Å². The maximum Gasteiger partial charge on any atom is 0.0260 e. The van der Waals surface area contributed by atoms with Gasteiger partial charge in [-0.25, -0.2) is 0 Å². The van der Waals surface area contributed by atoms with Crippen LogP contribution in [0.2, 0.25) is 0 Å². The second-order valence-corrected chi connectivity index (χ2v) is 6.66. The maximum atomic E-state index is 4.13. The molecule has 2 atom stereocenters. The van der Waals surface area contributed by atoms with Crippen LogP contribution in [0.5, 0.6) is 0 Å². The molecule has 0 aromatic carbocycles. The number of hydrogen-bond donors (Lipinski definition) is 0. The Kier molecular flexibility index (Phi) is 7.10. The molecule has 0 fully saturated rings. The lowest BCUT2D eigenvalue weighted by Crippen LogP contribution is -2.26. The van der Waals surface area contributed by atoms with Gasteiger partial charge in [0.15, 0.2) is 0 Å². The average molecular weight is 267 g/mol. The topological polar surface area (TPSA) is 3.24 Å². The minimum absolute atomic E-state index is 0.708. The molecule has 0 spiro atoms. The van der Waals surface area contributed by atoms with Gasteiger partial charge in [0, 0.05) is 17.5 Å². The van der Waals surface area contributed by atoms with Crippen molar-refractivity contribution in [2.45, 2.75) is 45.8 Å². The second-order valence-electron chi connectivity index (χ2n) is 5.35. The van der Waals surface area contributed by atoms with E-state index in [0.29, 0.717) is 5.92 Å². The Bertz CT molecular complexity index is 291. The van der Waals surface area contributed by atoms with E-state index < -0.39 is 0 Å². The molecule has 0 amide bonds. The van der Waals surface area contributed by atoms with Crippen molar-refractivity contribution in [1.82, 2.24) is 4.90 Å². The molecule has 0 aromatic heterocycles. The Balaban J connectivity index is 2.39. The third-order valence-electron chi connectivity index (χ3n) is 4.05. The number of nitrogens with zero attached hydrogens (tertiary/aromatic N) is 1. The van der Waals surface area contributed by atoms with Crippen LogP contribution in [0.25, 0.3) is 0 Å². The predicted octanol–water partition coefficient (Wildman–Crippen LogP) is 4.36. The number of hydrogen-bond acceptors (Lipinski definition) is 2. The summed E-state index contributed by atoms with van der Waals surface area (Å²) in [6.45, 7) is 16.7. The highest BCUT2D eigenvalue weighted by molar-refractivity contribution is 8.00. The third kappa shape index (κ3) is 4.81. The van der Waals surface area contributed by atoms with Gasteiger partial charge in [-0.05, 0) is 45.7 Å². The largest absolute Gasteiger partial charge is 0.303 e. The second kappa shape index (κ2) is 8.06. The maximum absolute atomic E-state index is 4.13. The Hall–Kier alpha value is -0.210. The monoisotopic (exact) mass is 267 g/mol. The van der Waals surface area contributed by atoms with Gasteiger partial charge in [0.1, 0.15) is 0 Å². The summed E-state index contributed by atoms with van der Waals surface area (Å²) in [7, 11) is 0. The smallest absolute Gasteiger partial charge is 0.0260 e. The Morgan fingerprint density at radius 3 is 2.67 bits per heavy atom. The van der Waals surface area contributed by atoms with E-state index in [9.17, 15) is 0 Å². The van der Waals surface area contributed by atoms with E-state index in [0.717, 1.165) is 5.25 Å². The van der Waals surface area contributed by atoms with Gasteiger partial charge in [-0.2, -0.15) is 11.8 Å². The lowest BCUT2D eigenvalue weighted by molar-refractivity contribution is 0.323. The van der Waals surface area contributed by atoms with Crippen molar-refractivity contribution < 1.29 is 0 Å². The van der Waals surface area contributed by atoms with Crippen LogP contribution in [0, 0.1) is 5.92 Å². The average Bonchev–Trinajstić information content (AvgIpc) is 2.36. The van der Waals surface area contributed by atoms with Crippen molar-refractivity contribution in [3.05, 3.63) is 23.8 Å². The molecule has 0 radical (unpaired) electrons. The zero-order valence-electron chi connectivity index (χ0n) is 12.5. The highest BCUT2D eigenvalue weighted by Crippen LogP contribution is 2.35. The van der Waals surface area contributed by atoms with Crippen molar-refractivity contribution in [2.24, 2.45) is 5.92 Å². The Labute approximate surface area is 118 Å². The zero-order chi connectivity index (χ0) is 13.5. The standard InChI is InChI=1S/C16H29NS/c1-6-17(7-2)10-11-18-16-12-15(13(3)4)9-8-14(16)5/h8,15-16H,3,6-7,9-12H2,1-2,4-5H3. The SMILES string of the molecule is C=C(C)C1CC=C(C)C(SCCN(CC)CC)C1. The van der Waals surface area contributed by atoms with Crippen molar-refractivity contribution >= 4 is 11.8 Å². The first-order valence-corrected chi connectivity index (χ1v) is 8.29. The third-order valence-corrected chi connectivity index (χ3v) is 5.43. The summed E-state index contributed by atoms with van der Waals surface area (Å²) in [6, 6.07) is 0. The molecule has 104 valence electrons. The highest BCUT2D eigenvalue weighted by atomic mass is 32.2. The summed E-state index contributed by atoms with van der Waals surface area (Å²) in [5.41, 5.74) is 2.94. The first-order valence-electron chi connectivity index (χ1n) is 7.24. The van der Waals surface area contributed by atoms with Gasteiger partial charge >= 0.3 is 0 Å². The fraction of sp³-hybridized carbons (Fsp3) is 0.750. The fourth-order valence-corrected chi connectivity index (χ4v) is 3.84. The van der Waals surface area contributed by atoms with Gasteiger partial charge in [-0.15, -0.1) is 0 Å². The van der Waals surface area contributed by atoms with Crippen LogP contribution in [0.1, 0.15) is 40.5 Å². The summed E-state index contributed by atoms with van der Waals surface area (Å²) in [5.74, 6) is 1.96. The van der Waals surface area contributed by atoms with Crippen LogP contribution >= 0.6 is 11.8 Å². The summed E-state index contributed by atoms with van der Waals surface area (Å²) < 4.78 is 0. The minimum atomic E-state index is 0.708. The van der Waals surface area contributed by atoms with Gasteiger partial charge in [0.25, 0.3) is 0 Å². The molecule has 0 aromatic rings. The molecule has 1 nitrogen and oxygen atoms in total. The molecule has 1 aliphatic rings. The van der Waals surface area contributed by atoms with Crippen molar-refractivity contribution in [3.8, 4) is 0 Å². The molecule has 18 heavy (non-hydrogen) atoms. The van der Waals surface area contributed by atoms with Crippen molar-refractivity contribution in [3.63, 3.8) is 0 Å². The summed E-state index contributed by atoms with van der Waals surface area (Å²) in [6.07, 6.45) is 4.92. The van der Waals surface area contributed by atoms with Gasteiger partial charge in [0.05, 0.1) is 0 Å². The van der Waals surface area contributed by atoms with Gasteiger partial charge in [-0.1, -0.05) is 37.6 Å². The number of allylic oxidation sites excluding steroid dienone is 2. The summed E-state index contributed by atoms with van der Waals surface area (Å²) in [4.78, 5) is 2.51. The molecule has 1 rings (SSSR count). The zero-order valence-corrected chi connectivity index (χ0v) is 13.4. The fourth-order valence-electron chi connectivity index (χ4n) is 2.47. The molecular formula is C16H29NS. The normalized spacial score (nSPS) is 24.2. The molecule has 0 heterocycles. The molecule has 0 saturated heterocycles. The summed E-state index contributed by atoms with van der Waals surface area (Å²) in [5, 5.41) is 0.719. The molecule has 2 heteroatoms. The van der Waals surface area contributed by atoms with E-state index in [1.807, 2.05) is 0 Å². The van der Waals surface area contributed by atoms with Crippen LogP contribution in [0.4, 0.5) is 0 Å². The Morgan fingerprint density at radius 1 is 1.44 bits per heavy atom. The molecule has 2 unspecified atom stereocenters. The first kappa shape index (κ1) is 15.8. The highest BCUT2D eigenvalue weighted by Gasteiger charge is 2.22. The lowest BCUT2D eigenvalue weighted by Gasteiger charge is -2.29. The first-order chi connectivity index (χ1) is 8.58. The van der Waals surface area contributed by atoms with E-state index in [2.05, 4.69) is 57.0 Å². The van der Waals surface area contributed by atoms with Crippen molar-refractivity contribution in [2.75, 3.05) is 25.4 Å². The molecule has 0 aliphatic heterocycles. The van der Waals surface area contributed by atoms with Gasteiger partial charge in [-0.3, -0.25) is 0 Å². The molecular weight excluding hydrogens is 238 g/mol. The van der Waals surface area contributed by atoms with E-state index in [1.165, 1.54) is 43.8 Å². The van der Waals surface area contributed by atoms with Crippen LogP contribution in [-0.4, -0.2) is 35.5 Å². The van der Waals surface area contributed by atoms with Crippen LogP contribution in [0.3, 0.4) is 0 Å². The van der Waals surface area contributed by atoms with E-state index in [4.69, 9.17) is 0 Å². The Morgan fingerprint density at radius 2 is 2.11 bits per heavy atom. The van der Waals surface area contributed by atoms with Crippen molar-refractivity contribution in [1.29, 1.82) is 0 Å². The quantitative estimate of drug-likeness (QED) is 0.630. The lowest BCUT2D eigenvalue weighted by atomic mass is 9.86. The molecule has 1 aliphatic carbocycles. The van der Waals surface area contributed by atoms with E-state index in [1.54, 1.807) is 5.57 Å². The number of rotatable bonds is 7. The summed E-state index contributed by atoms with van der Waals surface area (Å²) >= 11 is 2.13. The van der Waals surface area contributed by atoms with Crippen LogP contribution in [0.15, 0.2) is 23.8 Å². The van der Waals surface area contributed by atoms with Crippen LogP contribution in [-0.2, 0) is 0 Å².